The van der Waals surface area contributed by atoms with Crippen LogP contribution in [0.25, 0.3) is 11.1 Å². The van der Waals surface area contributed by atoms with Gasteiger partial charge in [-0.1, -0.05) is 18.2 Å². The summed E-state index contributed by atoms with van der Waals surface area (Å²) in [6.07, 6.45) is 9.54. The number of hydrogen-bond donors (Lipinski definition) is 2. The van der Waals surface area contributed by atoms with Gasteiger partial charge in [-0.15, -0.1) is 0 Å². The number of aromatic nitrogens is 2. The van der Waals surface area contributed by atoms with Gasteiger partial charge in [-0.2, -0.15) is 5.10 Å². The van der Waals surface area contributed by atoms with Crippen molar-refractivity contribution in [2.75, 3.05) is 57.1 Å². The van der Waals surface area contributed by atoms with E-state index in [1.54, 1.807) is 6.07 Å². The van der Waals surface area contributed by atoms with Gasteiger partial charge in [-0.05, 0) is 97.5 Å². The van der Waals surface area contributed by atoms with Crippen LogP contribution >= 0.6 is 11.6 Å². The molecule has 1 aromatic heterocycles. The topological polar surface area (TPSA) is 104 Å². The van der Waals surface area contributed by atoms with Crippen molar-refractivity contribution in [2.45, 2.75) is 83.8 Å². The molecule has 5 fully saturated rings. The first-order valence-electron chi connectivity index (χ1n) is 16.5. The molecule has 1 saturated carbocycles. The number of hydrogen-bond acceptors (Lipinski definition) is 7. The van der Waals surface area contributed by atoms with Gasteiger partial charge in [0.15, 0.2) is 5.82 Å². The summed E-state index contributed by atoms with van der Waals surface area (Å²) in [4.78, 5) is 18.7. The Morgan fingerprint density at radius 1 is 1.18 bits per heavy atom. The fourth-order valence-electron chi connectivity index (χ4n) is 8.57. The Morgan fingerprint density at radius 2 is 1.91 bits per heavy atom. The van der Waals surface area contributed by atoms with Crippen LogP contribution in [-0.4, -0.2) is 89.7 Å². The van der Waals surface area contributed by atoms with Gasteiger partial charge in [0, 0.05) is 81.9 Å². The number of rotatable bonds is 5. The van der Waals surface area contributed by atoms with E-state index in [2.05, 4.69) is 48.9 Å². The normalized spacial score (nSPS) is 25.3. The zero-order valence-corrected chi connectivity index (χ0v) is 28.4. The number of amides is 1. The molecule has 45 heavy (non-hydrogen) atoms. The van der Waals surface area contributed by atoms with Crippen LogP contribution in [0.15, 0.2) is 18.7 Å². The predicted molar refractivity (Wildman–Crippen MR) is 183 cm³/mol. The highest BCUT2D eigenvalue weighted by Crippen LogP contribution is 2.55. The van der Waals surface area contributed by atoms with Crippen molar-refractivity contribution in [3.8, 4) is 11.1 Å². The number of carbonyl (C=O) groups is 1. The second kappa shape index (κ2) is 12.0. The van der Waals surface area contributed by atoms with E-state index >= 15 is 0 Å². The van der Waals surface area contributed by atoms with Crippen molar-refractivity contribution in [3.63, 3.8) is 0 Å². The molecule has 2 aromatic rings. The number of nitrogens with two attached hydrogens (primary N) is 1. The number of piperidine rings is 1. The number of nitrogens with zero attached hydrogens (tertiary/aromatic N) is 5. The Labute approximate surface area is 273 Å². The van der Waals surface area contributed by atoms with E-state index in [0.29, 0.717) is 16.3 Å². The minimum atomic E-state index is -0.0259. The quantitative estimate of drug-likeness (QED) is 0.243. The van der Waals surface area contributed by atoms with Crippen LogP contribution in [0.1, 0.15) is 75.2 Å². The van der Waals surface area contributed by atoms with E-state index in [0.717, 1.165) is 98.7 Å². The average Bonchev–Trinajstić information content (AvgIpc) is 3.66. The van der Waals surface area contributed by atoms with Gasteiger partial charge in [-0.25, -0.2) is 0 Å². The molecular formula is C35H50ClN7O2. The van der Waals surface area contributed by atoms with Crippen LogP contribution in [0.5, 0.6) is 0 Å². The summed E-state index contributed by atoms with van der Waals surface area (Å²) in [5.74, 6) is 1.84. The fourth-order valence-corrected chi connectivity index (χ4v) is 8.78. The van der Waals surface area contributed by atoms with E-state index in [-0.39, 0.29) is 22.9 Å². The van der Waals surface area contributed by atoms with E-state index in [1.165, 1.54) is 31.7 Å². The zero-order chi connectivity index (χ0) is 32.3. The number of benzene rings is 1. The molecule has 1 aromatic carbocycles. The number of halogens is 1. The maximum absolute atomic E-state index is 12.0. The molecule has 10 heteroatoms. The first-order valence-corrected chi connectivity index (χ1v) is 16.9. The fraction of sp³-hybridized carbons (Fsp3) is 0.629. The lowest BCUT2D eigenvalue weighted by Gasteiger charge is -2.58. The molecule has 2 unspecified atom stereocenters. The zero-order valence-electron chi connectivity index (χ0n) is 27.7. The third-order valence-electron chi connectivity index (χ3n) is 11.3. The molecule has 4 saturated heterocycles. The Kier molecular flexibility index (Phi) is 8.59. The highest BCUT2D eigenvalue weighted by Gasteiger charge is 2.54. The number of fused-ring (bicyclic) bond motifs is 1. The Balaban J connectivity index is 0.000000337. The molecule has 3 N–H and O–H groups in total. The number of carbonyl (C=O) groups excluding carboxylic acids is 1. The highest BCUT2D eigenvalue weighted by molar-refractivity contribution is 6.32. The van der Waals surface area contributed by atoms with Gasteiger partial charge >= 0.3 is 0 Å². The van der Waals surface area contributed by atoms with Gasteiger partial charge in [0.25, 0.3) is 0 Å². The van der Waals surface area contributed by atoms with Crippen molar-refractivity contribution in [3.05, 3.63) is 40.6 Å². The molecular weight excluding hydrogens is 586 g/mol. The molecule has 0 radical (unpaired) electrons. The number of nitrogen functional groups attached to an aromatic ring is 1. The van der Waals surface area contributed by atoms with Crippen molar-refractivity contribution in [1.29, 1.82) is 5.41 Å². The van der Waals surface area contributed by atoms with E-state index in [4.69, 9.17) is 32.6 Å². The van der Waals surface area contributed by atoms with E-state index < -0.39 is 0 Å². The van der Waals surface area contributed by atoms with Gasteiger partial charge in [0.05, 0.1) is 19.3 Å². The Hall–Kier alpha value is -2.88. The largest absolute Gasteiger partial charge is 0.398 e. The first-order chi connectivity index (χ1) is 21.4. The molecule has 1 aliphatic carbocycles. The lowest BCUT2D eigenvalue weighted by atomic mass is 9.60. The number of likely N-dealkylation sites (N-methyl/N-ethyl adjacent to an activating group) is 1. The summed E-state index contributed by atoms with van der Waals surface area (Å²) in [5, 5.41) is 14.1. The lowest BCUT2D eigenvalue weighted by molar-refractivity contribution is -0.149. The molecule has 1 spiro atoms. The van der Waals surface area contributed by atoms with Gasteiger partial charge in [-0.3, -0.25) is 9.48 Å². The third kappa shape index (κ3) is 5.59. The van der Waals surface area contributed by atoms with Gasteiger partial charge in [0.2, 0.25) is 5.91 Å². The summed E-state index contributed by atoms with van der Waals surface area (Å²) in [5.41, 5.74) is 11.7. The molecule has 5 aliphatic rings. The van der Waals surface area contributed by atoms with Crippen LogP contribution in [0.4, 0.5) is 11.5 Å². The minimum Gasteiger partial charge on any atom is -0.398 e. The second-order valence-electron chi connectivity index (χ2n) is 14.8. The van der Waals surface area contributed by atoms with Crippen molar-refractivity contribution < 1.29 is 9.53 Å². The molecule has 244 valence electrons. The van der Waals surface area contributed by atoms with Crippen molar-refractivity contribution >= 4 is 35.2 Å². The van der Waals surface area contributed by atoms with Crippen LogP contribution in [0.3, 0.4) is 0 Å². The smallest absolute Gasteiger partial charge is 0.245 e. The second-order valence-corrected chi connectivity index (χ2v) is 15.2. The van der Waals surface area contributed by atoms with Crippen LogP contribution in [0, 0.1) is 30.6 Å². The summed E-state index contributed by atoms with van der Waals surface area (Å²) in [7, 11) is 2.19. The van der Waals surface area contributed by atoms with Crippen LogP contribution in [-0.2, 0) is 9.53 Å². The maximum Gasteiger partial charge on any atom is 0.245 e. The van der Waals surface area contributed by atoms with Crippen LogP contribution in [0.2, 0.25) is 5.02 Å². The maximum atomic E-state index is 12.0. The highest BCUT2D eigenvalue weighted by atomic mass is 35.5. The molecule has 2 atom stereocenters. The van der Waals surface area contributed by atoms with Crippen molar-refractivity contribution in [2.24, 2.45) is 11.3 Å². The van der Waals surface area contributed by atoms with E-state index in [9.17, 15) is 4.79 Å². The summed E-state index contributed by atoms with van der Waals surface area (Å²) in [6, 6.07) is 2.78. The molecule has 0 bridgehead atoms. The average molecular weight is 636 g/mol. The Morgan fingerprint density at radius 3 is 2.56 bits per heavy atom. The first kappa shape index (κ1) is 32.1. The molecule has 9 nitrogen and oxygen atoms in total. The summed E-state index contributed by atoms with van der Waals surface area (Å²) in [6.45, 7) is 18.1. The number of anilines is 2. The Bertz CT molecular complexity index is 1490. The van der Waals surface area contributed by atoms with Crippen molar-refractivity contribution in [1.82, 2.24) is 19.6 Å². The van der Waals surface area contributed by atoms with Gasteiger partial charge in [0.1, 0.15) is 0 Å². The molecule has 5 heterocycles. The predicted octanol–water partition coefficient (Wildman–Crippen LogP) is 5.86. The molecule has 4 aliphatic heterocycles. The summed E-state index contributed by atoms with van der Waals surface area (Å²) >= 11 is 6.63. The summed E-state index contributed by atoms with van der Waals surface area (Å²) < 4.78 is 7.54. The lowest BCUT2D eigenvalue weighted by Crippen LogP contribution is -2.63. The minimum absolute atomic E-state index is 0.0180. The monoisotopic (exact) mass is 635 g/mol. The number of likely N-dealkylation sites (tertiary alicyclic amines) is 2. The third-order valence-corrected chi connectivity index (χ3v) is 11.7. The molecule has 7 rings (SSSR count). The van der Waals surface area contributed by atoms with Gasteiger partial charge < -0.3 is 30.6 Å². The van der Waals surface area contributed by atoms with E-state index in [1.807, 2.05) is 11.8 Å². The van der Waals surface area contributed by atoms with Crippen LogP contribution < -0.4 is 10.6 Å². The number of nitrogens with one attached hydrogen (secondary N) is 1. The molecule has 1 amide bonds. The SMILES string of the molecule is C=CC(=O)N1CC2(CC(n3nc(N4CCCCC4(C)C)c(-c4c(C)c(Cl)cc(N)c4C=N)c3C)C2)C1.CN1CCC2COCC21. The number of ether oxygens (including phenoxy) is 1. The standard InChI is InChI=1S/C28H37ClN6O.C7H13NO/c1-6-23(36)33-15-28(16-33)12-19(13-28)35-18(3)25(24-17(2)21(29)11-22(31)20(24)14-30)26(32-35)34-10-8-7-9-27(34,4)5;1-8-3-2-6-4-9-5-7(6)8/h6,11,14,19,30H,1,7-10,12-13,15-16,31H2,2-5H3;6-7H,2-5H2,1H3.